The minimum absolute atomic E-state index is 0.0310. The van der Waals surface area contributed by atoms with Crippen LogP contribution in [0.5, 0.6) is 5.75 Å². The van der Waals surface area contributed by atoms with E-state index in [-0.39, 0.29) is 18.4 Å². The number of hydrogen-bond donors (Lipinski definition) is 1. The minimum Gasteiger partial charge on any atom is -0.491 e. The maximum Gasteiger partial charge on any atom is 0.416 e. The number of aliphatic hydroxyl groups is 1. The van der Waals surface area contributed by atoms with Crippen molar-refractivity contribution in [1.29, 1.82) is 0 Å². The van der Waals surface area contributed by atoms with Crippen LogP contribution in [0.25, 0.3) is 0 Å². The van der Waals surface area contributed by atoms with Gasteiger partial charge in [-0.25, -0.2) is 0 Å². The fraction of sp³-hybridized carbons (Fsp3) is 0.320. The van der Waals surface area contributed by atoms with Crippen molar-refractivity contribution in [1.82, 2.24) is 4.98 Å². The van der Waals surface area contributed by atoms with Crippen LogP contribution >= 0.6 is 0 Å². The van der Waals surface area contributed by atoms with Crippen LogP contribution in [-0.4, -0.2) is 22.8 Å². The van der Waals surface area contributed by atoms with Gasteiger partial charge in [0.15, 0.2) is 0 Å². The number of rotatable bonds is 6. The second-order valence-corrected chi connectivity index (χ2v) is 7.98. The van der Waals surface area contributed by atoms with Gasteiger partial charge in [-0.05, 0) is 72.2 Å². The molecule has 1 aliphatic carbocycles. The number of ether oxygens (including phenoxy) is 1. The maximum atomic E-state index is 12.7. The zero-order valence-corrected chi connectivity index (χ0v) is 16.9. The number of halogens is 3. The van der Waals surface area contributed by atoms with Gasteiger partial charge in [0.2, 0.25) is 0 Å². The van der Waals surface area contributed by atoms with E-state index < -0.39 is 17.8 Å². The van der Waals surface area contributed by atoms with Crippen molar-refractivity contribution in [2.24, 2.45) is 5.92 Å². The van der Waals surface area contributed by atoms with Crippen LogP contribution in [0.3, 0.4) is 0 Å². The number of fused-ring (bicyclic) bond motifs is 1. The first kappa shape index (κ1) is 21.4. The Hall–Kier alpha value is -2.86. The van der Waals surface area contributed by atoms with Crippen molar-refractivity contribution in [3.05, 3.63) is 95.3 Å². The molecule has 0 spiro atoms. The molecule has 1 heterocycles. The van der Waals surface area contributed by atoms with E-state index in [2.05, 4.69) is 23.2 Å². The third kappa shape index (κ3) is 5.07. The summed E-state index contributed by atoms with van der Waals surface area (Å²) in [6.07, 6.45) is 0.949. The lowest BCUT2D eigenvalue weighted by Crippen LogP contribution is -2.28. The maximum absolute atomic E-state index is 12.7. The number of aryl methyl sites for hydroxylation is 1. The van der Waals surface area contributed by atoms with Crippen LogP contribution in [0.4, 0.5) is 13.2 Å². The van der Waals surface area contributed by atoms with E-state index in [0.29, 0.717) is 12.2 Å². The van der Waals surface area contributed by atoms with Gasteiger partial charge >= 0.3 is 6.18 Å². The summed E-state index contributed by atoms with van der Waals surface area (Å²) in [6.45, 7) is 0.0310. The van der Waals surface area contributed by atoms with Crippen LogP contribution in [0.2, 0.25) is 0 Å². The largest absolute Gasteiger partial charge is 0.491 e. The molecule has 162 valence electrons. The molecule has 6 heteroatoms. The molecular weight excluding hydrogens is 403 g/mol. The standard InChI is InChI=1S/C25H24F3NO2/c26-25(27,28)20-9-11-22(12-10-20)31-16-21(30)14-18-8-7-17-4-1-2-6-23(17)24(18)19-5-3-13-29-15-19/h1-6,9-13,15,18,21,24,30H,7-8,14,16H2. The van der Waals surface area contributed by atoms with Gasteiger partial charge in [-0.15, -0.1) is 0 Å². The topological polar surface area (TPSA) is 42.4 Å². The van der Waals surface area contributed by atoms with E-state index >= 15 is 0 Å². The monoisotopic (exact) mass is 427 g/mol. The average Bonchev–Trinajstić information content (AvgIpc) is 2.78. The molecule has 0 aliphatic heterocycles. The fourth-order valence-electron chi connectivity index (χ4n) is 4.44. The zero-order chi connectivity index (χ0) is 21.8. The second-order valence-electron chi connectivity index (χ2n) is 7.98. The number of benzene rings is 2. The summed E-state index contributed by atoms with van der Waals surface area (Å²) >= 11 is 0. The Morgan fingerprint density at radius 3 is 2.52 bits per heavy atom. The molecule has 1 N–H and O–H groups in total. The van der Waals surface area contributed by atoms with Crippen molar-refractivity contribution in [2.45, 2.75) is 37.5 Å². The number of aliphatic hydroxyl groups excluding tert-OH is 1. The van der Waals surface area contributed by atoms with Crippen LogP contribution in [0.15, 0.2) is 73.1 Å². The number of alkyl halides is 3. The van der Waals surface area contributed by atoms with Gasteiger partial charge in [-0.1, -0.05) is 30.3 Å². The highest BCUT2D eigenvalue weighted by Gasteiger charge is 2.32. The van der Waals surface area contributed by atoms with Gasteiger partial charge in [-0.2, -0.15) is 13.2 Å². The normalized spacial score (nSPS) is 19.5. The Morgan fingerprint density at radius 2 is 1.81 bits per heavy atom. The molecule has 31 heavy (non-hydrogen) atoms. The molecule has 3 unspecified atom stereocenters. The van der Waals surface area contributed by atoms with Crippen LogP contribution < -0.4 is 4.74 Å². The molecule has 0 saturated heterocycles. The van der Waals surface area contributed by atoms with Crippen molar-refractivity contribution >= 4 is 0 Å². The highest BCUT2D eigenvalue weighted by Crippen LogP contribution is 2.42. The number of pyridine rings is 1. The summed E-state index contributed by atoms with van der Waals surface area (Å²) in [4.78, 5) is 4.28. The molecule has 2 aromatic carbocycles. The molecule has 0 radical (unpaired) electrons. The van der Waals surface area contributed by atoms with Crippen molar-refractivity contribution < 1.29 is 23.0 Å². The van der Waals surface area contributed by atoms with E-state index in [1.807, 2.05) is 24.4 Å². The van der Waals surface area contributed by atoms with Gasteiger partial charge in [0.05, 0.1) is 11.7 Å². The molecule has 0 bridgehead atoms. The minimum atomic E-state index is -4.38. The predicted molar refractivity (Wildman–Crippen MR) is 112 cm³/mol. The lowest BCUT2D eigenvalue weighted by atomic mass is 9.70. The van der Waals surface area contributed by atoms with Crippen LogP contribution in [0, 0.1) is 5.92 Å². The van der Waals surface area contributed by atoms with Gasteiger partial charge in [0, 0.05) is 18.3 Å². The summed E-state index contributed by atoms with van der Waals surface area (Å²) in [6, 6.07) is 16.9. The Morgan fingerprint density at radius 1 is 1.03 bits per heavy atom. The van der Waals surface area contributed by atoms with Gasteiger partial charge in [-0.3, -0.25) is 4.98 Å². The number of nitrogens with zero attached hydrogens (tertiary/aromatic N) is 1. The third-order valence-electron chi connectivity index (χ3n) is 5.89. The summed E-state index contributed by atoms with van der Waals surface area (Å²) < 4.78 is 43.6. The zero-order valence-electron chi connectivity index (χ0n) is 16.9. The highest BCUT2D eigenvalue weighted by atomic mass is 19.4. The first-order chi connectivity index (χ1) is 14.9. The summed E-state index contributed by atoms with van der Waals surface area (Å²) in [5.41, 5.74) is 2.99. The van der Waals surface area contributed by atoms with E-state index in [4.69, 9.17) is 4.74 Å². The van der Waals surface area contributed by atoms with Gasteiger partial charge in [0.25, 0.3) is 0 Å². The fourth-order valence-corrected chi connectivity index (χ4v) is 4.44. The molecule has 0 amide bonds. The van der Waals surface area contributed by atoms with Crippen LogP contribution in [0.1, 0.15) is 41.0 Å². The summed E-state index contributed by atoms with van der Waals surface area (Å²) in [5, 5.41) is 10.6. The molecule has 4 rings (SSSR count). The molecule has 3 nitrogen and oxygen atoms in total. The van der Waals surface area contributed by atoms with E-state index in [9.17, 15) is 18.3 Å². The Balaban J connectivity index is 1.44. The SMILES string of the molecule is OC(COc1ccc(C(F)(F)F)cc1)CC1CCc2ccccc2C1c1cccnc1. The first-order valence-electron chi connectivity index (χ1n) is 10.4. The van der Waals surface area contributed by atoms with E-state index in [0.717, 1.165) is 30.5 Å². The van der Waals surface area contributed by atoms with Gasteiger partial charge in [0.1, 0.15) is 12.4 Å². The second kappa shape index (κ2) is 9.10. The summed E-state index contributed by atoms with van der Waals surface area (Å²) in [5.74, 6) is 0.662. The van der Waals surface area contributed by atoms with E-state index in [1.54, 1.807) is 6.20 Å². The van der Waals surface area contributed by atoms with Crippen molar-refractivity contribution in [2.75, 3.05) is 6.61 Å². The molecule has 3 atom stereocenters. The lowest BCUT2D eigenvalue weighted by Gasteiger charge is -2.35. The molecule has 1 aliphatic rings. The van der Waals surface area contributed by atoms with Gasteiger partial charge < -0.3 is 9.84 Å². The van der Waals surface area contributed by atoms with Crippen molar-refractivity contribution in [3.8, 4) is 5.75 Å². The highest BCUT2D eigenvalue weighted by molar-refractivity contribution is 5.40. The summed E-state index contributed by atoms with van der Waals surface area (Å²) in [7, 11) is 0. The number of hydrogen-bond acceptors (Lipinski definition) is 3. The Bertz CT molecular complexity index is 990. The third-order valence-corrected chi connectivity index (χ3v) is 5.89. The predicted octanol–water partition coefficient (Wildman–Crippen LogP) is 5.62. The molecule has 1 aromatic heterocycles. The Kier molecular flexibility index (Phi) is 6.28. The van der Waals surface area contributed by atoms with Crippen molar-refractivity contribution in [3.63, 3.8) is 0 Å². The van der Waals surface area contributed by atoms with Crippen LogP contribution in [-0.2, 0) is 12.6 Å². The molecular formula is C25H24F3NO2. The average molecular weight is 427 g/mol. The smallest absolute Gasteiger partial charge is 0.416 e. The lowest BCUT2D eigenvalue weighted by molar-refractivity contribution is -0.137. The van der Waals surface area contributed by atoms with E-state index in [1.165, 1.54) is 23.3 Å². The molecule has 0 saturated carbocycles. The quantitative estimate of drug-likeness (QED) is 0.555. The number of aromatic nitrogens is 1. The molecule has 3 aromatic rings. The first-order valence-corrected chi connectivity index (χ1v) is 10.4. The molecule has 0 fully saturated rings. The Labute approximate surface area is 179 Å².